The van der Waals surface area contributed by atoms with Crippen LogP contribution in [0.15, 0.2) is 41.0 Å². The molecular weight excluding hydrogens is 372 g/mol. The fraction of sp³-hybridized carbons (Fsp3) is 0.381. The Morgan fingerprint density at radius 3 is 2.69 bits per heavy atom. The lowest BCUT2D eigenvalue weighted by Crippen LogP contribution is -2.48. The molecule has 3 aromatic rings. The van der Waals surface area contributed by atoms with Crippen LogP contribution in [0.3, 0.4) is 0 Å². The van der Waals surface area contributed by atoms with E-state index in [4.69, 9.17) is 14.3 Å². The molecule has 2 aliphatic heterocycles. The Labute approximate surface area is 167 Å². The molecule has 2 saturated heterocycles. The molecule has 1 aromatic carbocycles. The number of rotatable bonds is 3. The number of carboxylic acid groups (broad SMARTS) is 1. The molecule has 2 aromatic heterocycles. The predicted octanol–water partition coefficient (Wildman–Crippen LogP) is 2.88. The third kappa shape index (κ3) is 3.75. The first-order valence-corrected chi connectivity index (χ1v) is 9.73. The molecule has 5 rings (SSSR count). The molecule has 2 aliphatic rings. The molecule has 29 heavy (non-hydrogen) atoms. The summed E-state index contributed by atoms with van der Waals surface area (Å²) in [6.45, 7) is -0.250. The van der Waals surface area contributed by atoms with Crippen molar-refractivity contribution in [2.24, 2.45) is 0 Å². The van der Waals surface area contributed by atoms with Gasteiger partial charge in [0, 0.05) is 29.1 Å². The van der Waals surface area contributed by atoms with Gasteiger partial charge in [0.05, 0.1) is 11.8 Å². The van der Waals surface area contributed by atoms with Crippen LogP contribution in [0.1, 0.15) is 36.2 Å². The lowest BCUT2D eigenvalue weighted by Gasteiger charge is -2.36. The van der Waals surface area contributed by atoms with E-state index in [0.29, 0.717) is 17.8 Å². The van der Waals surface area contributed by atoms with Crippen molar-refractivity contribution in [2.45, 2.75) is 43.8 Å². The van der Waals surface area contributed by atoms with Crippen LogP contribution < -0.4 is 5.32 Å². The molecule has 8 nitrogen and oxygen atoms in total. The zero-order chi connectivity index (χ0) is 20.4. The topological polar surface area (TPSA) is 111 Å². The monoisotopic (exact) mass is 396 g/mol. The largest absolute Gasteiger partial charge is 0.483 e. The van der Waals surface area contributed by atoms with Crippen molar-refractivity contribution in [3.63, 3.8) is 0 Å². The molecule has 0 spiro atoms. The van der Waals surface area contributed by atoms with E-state index in [2.05, 4.69) is 27.5 Å². The standard InChI is InChI=1S/C20H22N4O2.CH2O2/c1-24-14-5-6-15(24)11-13(10-14)21-20(25)19-16-7-4-12(9-17(16)22-23-19)18-3-2-8-26-18;2-1-3/h2-4,7-9,13-15H,5-6,10-11H2,1H3,(H,21,25)(H,22,23);1H,(H,2,3). The summed E-state index contributed by atoms with van der Waals surface area (Å²) < 4.78 is 5.44. The maximum Gasteiger partial charge on any atom is 0.290 e. The summed E-state index contributed by atoms with van der Waals surface area (Å²) in [4.78, 5) is 23.6. The summed E-state index contributed by atoms with van der Waals surface area (Å²) in [5.41, 5.74) is 2.27. The van der Waals surface area contributed by atoms with Crippen molar-refractivity contribution < 1.29 is 19.1 Å². The van der Waals surface area contributed by atoms with E-state index in [1.165, 1.54) is 12.8 Å². The number of benzene rings is 1. The minimum absolute atomic E-state index is 0.0871. The molecule has 152 valence electrons. The SMILES string of the molecule is CN1C2CCC1CC(NC(=O)c1n[nH]c3cc(-c4ccco4)ccc13)C2.O=CO. The summed E-state index contributed by atoms with van der Waals surface area (Å²) in [5.74, 6) is 0.713. The van der Waals surface area contributed by atoms with Gasteiger partial charge < -0.3 is 19.7 Å². The van der Waals surface area contributed by atoms with Crippen LogP contribution in [-0.2, 0) is 4.79 Å². The molecule has 2 atom stereocenters. The van der Waals surface area contributed by atoms with Crippen LogP contribution in [0.5, 0.6) is 0 Å². The van der Waals surface area contributed by atoms with E-state index in [-0.39, 0.29) is 18.4 Å². The van der Waals surface area contributed by atoms with E-state index in [0.717, 1.165) is 35.1 Å². The molecule has 1 amide bonds. The number of hydrogen-bond donors (Lipinski definition) is 3. The Kier molecular flexibility index (Phi) is 5.35. The van der Waals surface area contributed by atoms with E-state index in [1.54, 1.807) is 6.26 Å². The summed E-state index contributed by atoms with van der Waals surface area (Å²) in [6.07, 6.45) is 6.20. The zero-order valence-corrected chi connectivity index (χ0v) is 16.2. The number of carbonyl (C=O) groups is 2. The van der Waals surface area contributed by atoms with E-state index >= 15 is 0 Å². The number of nitrogens with zero attached hydrogens (tertiary/aromatic N) is 2. The lowest BCUT2D eigenvalue weighted by molar-refractivity contribution is -0.122. The second-order valence-corrected chi connectivity index (χ2v) is 7.61. The molecule has 0 aliphatic carbocycles. The minimum Gasteiger partial charge on any atom is -0.483 e. The highest BCUT2D eigenvalue weighted by Crippen LogP contribution is 2.34. The fourth-order valence-corrected chi connectivity index (χ4v) is 4.57. The van der Waals surface area contributed by atoms with Gasteiger partial charge in [-0.25, -0.2) is 0 Å². The number of carbonyl (C=O) groups excluding carboxylic acids is 1. The number of amides is 1. The number of piperidine rings is 1. The van der Waals surface area contributed by atoms with E-state index in [9.17, 15) is 4.79 Å². The lowest BCUT2D eigenvalue weighted by atomic mass is 9.98. The van der Waals surface area contributed by atoms with Gasteiger partial charge in [-0.15, -0.1) is 0 Å². The first kappa shape index (κ1) is 19.2. The first-order valence-electron chi connectivity index (χ1n) is 9.73. The van der Waals surface area contributed by atoms with Gasteiger partial charge in [-0.3, -0.25) is 14.7 Å². The number of aromatic nitrogens is 2. The van der Waals surface area contributed by atoms with Crippen LogP contribution in [0.2, 0.25) is 0 Å². The van der Waals surface area contributed by atoms with Crippen LogP contribution in [0, 0.1) is 0 Å². The average molecular weight is 396 g/mol. The number of H-pyrrole nitrogens is 1. The zero-order valence-electron chi connectivity index (χ0n) is 16.2. The number of aromatic amines is 1. The van der Waals surface area contributed by atoms with Gasteiger partial charge in [-0.2, -0.15) is 5.10 Å². The summed E-state index contributed by atoms with van der Waals surface area (Å²) in [5, 5.41) is 18.2. The average Bonchev–Trinajstić information content (AvgIpc) is 3.41. The highest BCUT2D eigenvalue weighted by molar-refractivity contribution is 6.05. The molecule has 4 heterocycles. The van der Waals surface area contributed by atoms with Gasteiger partial charge in [0.25, 0.3) is 12.4 Å². The summed E-state index contributed by atoms with van der Waals surface area (Å²) >= 11 is 0. The molecule has 2 unspecified atom stereocenters. The van der Waals surface area contributed by atoms with Crippen LogP contribution in [-0.4, -0.2) is 57.8 Å². The Morgan fingerprint density at radius 2 is 2.03 bits per heavy atom. The summed E-state index contributed by atoms with van der Waals surface area (Å²) in [7, 11) is 2.21. The third-order valence-electron chi connectivity index (χ3n) is 6.02. The number of fused-ring (bicyclic) bond motifs is 3. The molecule has 0 radical (unpaired) electrons. The van der Waals surface area contributed by atoms with Crippen molar-refractivity contribution in [1.82, 2.24) is 20.4 Å². The predicted molar refractivity (Wildman–Crippen MR) is 108 cm³/mol. The Balaban J connectivity index is 0.000000645. The quantitative estimate of drug-likeness (QED) is 0.587. The highest BCUT2D eigenvalue weighted by atomic mass is 16.3. The second kappa shape index (κ2) is 8.08. The van der Waals surface area contributed by atoms with Gasteiger partial charge >= 0.3 is 0 Å². The van der Waals surface area contributed by atoms with Crippen LogP contribution in [0.25, 0.3) is 22.2 Å². The minimum atomic E-state index is -0.250. The third-order valence-corrected chi connectivity index (χ3v) is 6.02. The van der Waals surface area contributed by atoms with E-state index in [1.807, 2.05) is 30.3 Å². The van der Waals surface area contributed by atoms with Gasteiger partial charge in [-0.05, 0) is 57.0 Å². The molecular formula is C21H24N4O4. The second-order valence-electron chi connectivity index (χ2n) is 7.61. The van der Waals surface area contributed by atoms with Gasteiger partial charge in [0.2, 0.25) is 0 Å². The van der Waals surface area contributed by atoms with Crippen LogP contribution >= 0.6 is 0 Å². The van der Waals surface area contributed by atoms with Gasteiger partial charge in [-0.1, -0.05) is 6.07 Å². The smallest absolute Gasteiger partial charge is 0.290 e. The number of furan rings is 1. The van der Waals surface area contributed by atoms with Crippen molar-refractivity contribution in [3.05, 3.63) is 42.3 Å². The molecule has 2 bridgehead atoms. The maximum absolute atomic E-state index is 12.8. The Hall–Kier alpha value is -3.13. The number of hydrogen-bond acceptors (Lipinski definition) is 5. The number of nitrogens with one attached hydrogen (secondary N) is 2. The van der Waals surface area contributed by atoms with Gasteiger partial charge in [0.1, 0.15) is 5.76 Å². The molecule has 0 saturated carbocycles. The first-order chi connectivity index (χ1) is 14.1. The normalized spacial score (nSPS) is 23.4. The Morgan fingerprint density at radius 1 is 1.31 bits per heavy atom. The van der Waals surface area contributed by atoms with Crippen LogP contribution in [0.4, 0.5) is 0 Å². The van der Waals surface area contributed by atoms with Crippen molar-refractivity contribution in [1.29, 1.82) is 0 Å². The maximum atomic E-state index is 12.8. The summed E-state index contributed by atoms with van der Waals surface area (Å²) in [6, 6.07) is 11.1. The van der Waals surface area contributed by atoms with Crippen molar-refractivity contribution in [2.75, 3.05) is 7.05 Å². The van der Waals surface area contributed by atoms with E-state index < -0.39 is 0 Å². The highest BCUT2D eigenvalue weighted by Gasteiger charge is 2.39. The van der Waals surface area contributed by atoms with Crippen molar-refractivity contribution in [3.8, 4) is 11.3 Å². The van der Waals surface area contributed by atoms with Gasteiger partial charge in [0.15, 0.2) is 5.69 Å². The Bertz CT molecular complexity index is 983. The fourth-order valence-electron chi connectivity index (χ4n) is 4.57. The molecule has 8 heteroatoms. The molecule has 2 fully saturated rings. The van der Waals surface area contributed by atoms with Crippen molar-refractivity contribution >= 4 is 23.3 Å². The molecule has 3 N–H and O–H groups in total.